The van der Waals surface area contributed by atoms with Crippen LogP contribution in [0.15, 0.2) is 54.7 Å². The molecule has 0 saturated carbocycles. The Bertz CT molecular complexity index is 978. The maximum Gasteiger partial charge on any atom is 0.251 e. The van der Waals surface area contributed by atoms with E-state index in [1.54, 1.807) is 0 Å². The highest BCUT2D eigenvalue weighted by Crippen LogP contribution is 2.27. The molecule has 2 amide bonds. The lowest BCUT2D eigenvalue weighted by molar-refractivity contribution is -0.124. The number of carbonyl (C=O) groups is 2. The number of carbonyl (C=O) groups excluding carboxylic acids is 2. The van der Waals surface area contributed by atoms with E-state index < -0.39 is 0 Å². The van der Waals surface area contributed by atoms with E-state index in [0.29, 0.717) is 25.2 Å². The molecule has 0 spiro atoms. The van der Waals surface area contributed by atoms with Crippen LogP contribution in [0.1, 0.15) is 16.8 Å². The van der Waals surface area contributed by atoms with E-state index >= 15 is 0 Å². The van der Waals surface area contributed by atoms with Crippen molar-refractivity contribution in [3.05, 3.63) is 60.3 Å². The summed E-state index contributed by atoms with van der Waals surface area (Å²) in [5, 5.41) is 6.95. The Kier molecular flexibility index (Phi) is 5.39. The highest BCUT2D eigenvalue weighted by atomic mass is 16.2. The molecular formula is C22H24N4O2. The summed E-state index contributed by atoms with van der Waals surface area (Å²) in [6, 6.07) is 15.9. The van der Waals surface area contributed by atoms with Gasteiger partial charge in [-0.15, -0.1) is 0 Å². The van der Waals surface area contributed by atoms with Crippen LogP contribution in [-0.2, 0) is 4.79 Å². The Labute approximate surface area is 163 Å². The molecule has 3 N–H and O–H groups in total. The standard InChI is InChI=1S/C22H24N4O2/c27-20-15-26(14-12-23-20)13-2-10-25-22(28)18-7-5-16(6-8-18)19-4-1-3-17-9-11-24-21(17)19/h1,3-9,11,24H,2,10,12-15H2,(H,23,27)(H,25,28). The topological polar surface area (TPSA) is 77.2 Å². The molecular weight excluding hydrogens is 352 g/mol. The van der Waals surface area contributed by atoms with Gasteiger partial charge >= 0.3 is 0 Å². The Balaban J connectivity index is 1.32. The van der Waals surface area contributed by atoms with Crippen LogP contribution in [0.2, 0.25) is 0 Å². The summed E-state index contributed by atoms with van der Waals surface area (Å²) in [6.45, 7) is 3.43. The number of aromatic nitrogens is 1. The van der Waals surface area contributed by atoms with E-state index in [4.69, 9.17) is 0 Å². The van der Waals surface area contributed by atoms with Gasteiger partial charge < -0.3 is 15.6 Å². The molecule has 3 aromatic rings. The van der Waals surface area contributed by atoms with Gasteiger partial charge in [0, 0.05) is 43.5 Å². The molecule has 1 fully saturated rings. The lowest BCUT2D eigenvalue weighted by Crippen LogP contribution is -2.48. The predicted octanol–water partition coefficient (Wildman–Crippen LogP) is 2.39. The van der Waals surface area contributed by atoms with Crippen LogP contribution in [-0.4, -0.2) is 54.4 Å². The molecule has 1 aliphatic heterocycles. The second-order valence-corrected chi connectivity index (χ2v) is 7.06. The van der Waals surface area contributed by atoms with Gasteiger partial charge in [-0.2, -0.15) is 0 Å². The number of H-pyrrole nitrogens is 1. The second-order valence-electron chi connectivity index (χ2n) is 7.06. The SMILES string of the molecule is O=C1CN(CCCNC(=O)c2ccc(-c3cccc4cc[nH]c34)cc2)CCN1. The number of nitrogens with zero attached hydrogens (tertiary/aromatic N) is 1. The van der Waals surface area contributed by atoms with E-state index in [9.17, 15) is 9.59 Å². The first-order valence-electron chi connectivity index (χ1n) is 9.64. The van der Waals surface area contributed by atoms with Gasteiger partial charge in [-0.3, -0.25) is 14.5 Å². The monoisotopic (exact) mass is 376 g/mol. The fraction of sp³-hybridized carbons (Fsp3) is 0.273. The van der Waals surface area contributed by atoms with E-state index in [1.165, 1.54) is 5.39 Å². The Morgan fingerprint density at radius 2 is 1.96 bits per heavy atom. The van der Waals surface area contributed by atoms with Crippen molar-refractivity contribution in [1.82, 2.24) is 20.5 Å². The summed E-state index contributed by atoms with van der Waals surface area (Å²) in [4.78, 5) is 29.1. The second kappa shape index (κ2) is 8.27. The fourth-order valence-corrected chi connectivity index (χ4v) is 3.62. The minimum absolute atomic E-state index is 0.0685. The lowest BCUT2D eigenvalue weighted by Gasteiger charge is -2.26. The largest absolute Gasteiger partial charge is 0.361 e. The molecule has 144 valence electrons. The molecule has 0 unspecified atom stereocenters. The average Bonchev–Trinajstić information content (AvgIpc) is 3.20. The molecule has 28 heavy (non-hydrogen) atoms. The van der Waals surface area contributed by atoms with Crippen molar-refractivity contribution in [2.45, 2.75) is 6.42 Å². The van der Waals surface area contributed by atoms with Crippen molar-refractivity contribution in [2.75, 3.05) is 32.7 Å². The van der Waals surface area contributed by atoms with Crippen LogP contribution in [0.4, 0.5) is 0 Å². The molecule has 1 saturated heterocycles. The third kappa shape index (κ3) is 4.07. The van der Waals surface area contributed by atoms with Crippen molar-refractivity contribution < 1.29 is 9.59 Å². The number of rotatable bonds is 6. The number of aromatic amines is 1. The summed E-state index contributed by atoms with van der Waals surface area (Å²) in [5.74, 6) is 0.00596. The summed E-state index contributed by atoms with van der Waals surface area (Å²) in [5.41, 5.74) is 3.96. The summed E-state index contributed by atoms with van der Waals surface area (Å²) >= 11 is 0. The zero-order valence-electron chi connectivity index (χ0n) is 15.7. The number of benzene rings is 2. The highest BCUT2D eigenvalue weighted by molar-refractivity contribution is 5.97. The number of amides is 2. The number of nitrogens with one attached hydrogen (secondary N) is 3. The number of hydrogen-bond donors (Lipinski definition) is 3. The van der Waals surface area contributed by atoms with Crippen LogP contribution in [0.3, 0.4) is 0 Å². The predicted molar refractivity (Wildman–Crippen MR) is 110 cm³/mol. The number of hydrogen-bond acceptors (Lipinski definition) is 3. The van der Waals surface area contributed by atoms with Crippen molar-refractivity contribution in [3.63, 3.8) is 0 Å². The highest BCUT2D eigenvalue weighted by Gasteiger charge is 2.15. The first kappa shape index (κ1) is 18.3. The normalized spacial score (nSPS) is 14.8. The Morgan fingerprint density at radius 3 is 2.79 bits per heavy atom. The summed E-state index contributed by atoms with van der Waals surface area (Å²) < 4.78 is 0. The van der Waals surface area contributed by atoms with Gasteiger partial charge in [0.1, 0.15) is 0 Å². The lowest BCUT2D eigenvalue weighted by atomic mass is 10.0. The van der Waals surface area contributed by atoms with E-state index in [2.05, 4.69) is 38.7 Å². The average molecular weight is 376 g/mol. The first-order chi connectivity index (χ1) is 13.7. The smallest absolute Gasteiger partial charge is 0.251 e. The van der Waals surface area contributed by atoms with Gasteiger partial charge in [0.2, 0.25) is 5.91 Å². The number of piperazine rings is 1. The minimum atomic E-state index is -0.0685. The number of para-hydroxylation sites is 1. The molecule has 1 aliphatic rings. The van der Waals surface area contributed by atoms with Crippen LogP contribution in [0.5, 0.6) is 0 Å². The maximum atomic E-state index is 12.4. The minimum Gasteiger partial charge on any atom is -0.361 e. The zero-order valence-corrected chi connectivity index (χ0v) is 15.7. The number of fused-ring (bicyclic) bond motifs is 1. The van der Waals surface area contributed by atoms with Gasteiger partial charge in [0.25, 0.3) is 5.91 Å². The van der Waals surface area contributed by atoms with Gasteiger partial charge in [-0.25, -0.2) is 0 Å². The fourth-order valence-electron chi connectivity index (χ4n) is 3.62. The third-order valence-electron chi connectivity index (χ3n) is 5.10. The molecule has 0 atom stereocenters. The molecule has 6 heteroatoms. The molecule has 2 heterocycles. The van der Waals surface area contributed by atoms with Crippen molar-refractivity contribution >= 4 is 22.7 Å². The van der Waals surface area contributed by atoms with E-state index in [1.807, 2.05) is 36.5 Å². The molecule has 0 bridgehead atoms. The van der Waals surface area contributed by atoms with E-state index in [-0.39, 0.29) is 11.8 Å². The van der Waals surface area contributed by atoms with Crippen molar-refractivity contribution in [2.24, 2.45) is 0 Å². The summed E-state index contributed by atoms with van der Waals surface area (Å²) in [7, 11) is 0. The molecule has 0 radical (unpaired) electrons. The molecule has 0 aliphatic carbocycles. The molecule has 4 rings (SSSR count). The van der Waals surface area contributed by atoms with Crippen molar-refractivity contribution in [3.8, 4) is 11.1 Å². The maximum absolute atomic E-state index is 12.4. The quantitative estimate of drug-likeness (QED) is 0.578. The van der Waals surface area contributed by atoms with Crippen LogP contribution < -0.4 is 10.6 Å². The van der Waals surface area contributed by atoms with Crippen LogP contribution in [0.25, 0.3) is 22.0 Å². The third-order valence-corrected chi connectivity index (χ3v) is 5.10. The van der Waals surface area contributed by atoms with Gasteiger partial charge in [0.05, 0.1) is 12.1 Å². The Morgan fingerprint density at radius 1 is 1.11 bits per heavy atom. The zero-order chi connectivity index (χ0) is 19.3. The summed E-state index contributed by atoms with van der Waals surface area (Å²) in [6.07, 6.45) is 2.76. The molecule has 2 aromatic carbocycles. The van der Waals surface area contributed by atoms with Crippen LogP contribution in [0, 0.1) is 0 Å². The van der Waals surface area contributed by atoms with Crippen LogP contribution >= 0.6 is 0 Å². The Hall–Kier alpha value is -3.12. The van der Waals surface area contributed by atoms with Gasteiger partial charge in [-0.1, -0.05) is 30.3 Å². The van der Waals surface area contributed by atoms with Gasteiger partial charge in [0.15, 0.2) is 0 Å². The van der Waals surface area contributed by atoms with Crippen molar-refractivity contribution in [1.29, 1.82) is 0 Å². The van der Waals surface area contributed by atoms with E-state index in [0.717, 1.165) is 36.2 Å². The molecule has 6 nitrogen and oxygen atoms in total. The molecule has 1 aromatic heterocycles. The van der Waals surface area contributed by atoms with Gasteiger partial charge in [-0.05, 0) is 35.6 Å². The first-order valence-corrected chi connectivity index (χ1v) is 9.64.